The molecule has 29 heavy (non-hydrogen) atoms. The number of halogens is 2. The molecule has 0 fully saturated rings. The van der Waals surface area contributed by atoms with Gasteiger partial charge in [0, 0.05) is 33.2 Å². The van der Waals surface area contributed by atoms with Crippen LogP contribution < -0.4 is 0 Å². The molecule has 1 aromatic heterocycles. The van der Waals surface area contributed by atoms with Gasteiger partial charge in [-0.15, -0.1) is 0 Å². The Morgan fingerprint density at radius 3 is 2.69 bits per heavy atom. The number of methoxy groups -OCH3 is 1. The van der Waals surface area contributed by atoms with Crippen LogP contribution in [0.1, 0.15) is 57.2 Å². The van der Waals surface area contributed by atoms with Gasteiger partial charge in [0.1, 0.15) is 5.82 Å². The first-order valence-electron chi connectivity index (χ1n) is 10.0. The van der Waals surface area contributed by atoms with Gasteiger partial charge in [0.25, 0.3) is 0 Å². The number of nitrogens with zero attached hydrogens (tertiary/aromatic N) is 3. The summed E-state index contributed by atoms with van der Waals surface area (Å²) < 4.78 is 5.15. The molecule has 1 N–H and O–H groups in total. The minimum atomic E-state index is -0.510. The Morgan fingerprint density at radius 2 is 2.00 bits per heavy atom. The lowest BCUT2D eigenvalue weighted by atomic mass is 10.0. The SMILES string of the molecule is CCCCCN(CCCOC)C(=O)C(CCC#N)c1nc2cc(Cl)c(Cl)cc2[nH]1. The number of hydrogen-bond acceptors (Lipinski definition) is 4. The minimum absolute atomic E-state index is 0.0105. The molecule has 0 aliphatic rings. The van der Waals surface area contributed by atoms with Gasteiger partial charge >= 0.3 is 0 Å². The first-order chi connectivity index (χ1) is 14.0. The van der Waals surface area contributed by atoms with Crippen LogP contribution in [0.3, 0.4) is 0 Å². The van der Waals surface area contributed by atoms with Crippen molar-refractivity contribution in [2.24, 2.45) is 0 Å². The Morgan fingerprint density at radius 1 is 1.28 bits per heavy atom. The summed E-state index contributed by atoms with van der Waals surface area (Å²) in [6.45, 7) is 4.05. The number of fused-ring (bicyclic) bond motifs is 1. The quantitative estimate of drug-likeness (QED) is 0.454. The molecule has 1 unspecified atom stereocenters. The van der Waals surface area contributed by atoms with E-state index < -0.39 is 5.92 Å². The van der Waals surface area contributed by atoms with E-state index in [-0.39, 0.29) is 12.3 Å². The number of aromatic nitrogens is 2. The number of nitriles is 1. The van der Waals surface area contributed by atoms with Crippen molar-refractivity contribution in [2.75, 3.05) is 26.8 Å². The molecule has 0 radical (unpaired) electrons. The van der Waals surface area contributed by atoms with Gasteiger partial charge in [0.2, 0.25) is 5.91 Å². The van der Waals surface area contributed by atoms with E-state index in [0.717, 1.165) is 31.2 Å². The van der Waals surface area contributed by atoms with Gasteiger partial charge < -0.3 is 14.6 Å². The standard InChI is InChI=1S/C21H28Cl2N4O2/c1-3-4-5-10-27(11-7-12-29-2)21(28)15(8-6-9-24)20-25-18-13-16(22)17(23)14-19(18)26-20/h13-15H,3-8,10-12H2,1-2H3,(H,25,26). The van der Waals surface area contributed by atoms with E-state index in [1.807, 2.05) is 4.90 Å². The molecule has 6 nitrogen and oxygen atoms in total. The van der Waals surface area contributed by atoms with Gasteiger partial charge in [-0.2, -0.15) is 5.26 Å². The fraction of sp³-hybridized carbons (Fsp3) is 0.571. The second kappa shape index (κ2) is 12.0. The maximum atomic E-state index is 13.4. The van der Waals surface area contributed by atoms with Crippen LogP contribution in [0.5, 0.6) is 0 Å². The summed E-state index contributed by atoms with van der Waals surface area (Å²) in [6, 6.07) is 5.53. The van der Waals surface area contributed by atoms with Gasteiger partial charge in [-0.3, -0.25) is 4.79 Å². The van der Waals surface area contributed by atoms with Crippen LogP contribution in [0.25, 0.3) is 11.0 Å². The van der Waals surface area contributed by atoms with E-state index in [1.54, 1.807) is 19.2 Å². The molecule has 2 aromatic rings. The Labute approximate surface area is 182 Å². The summed E-state index contributed by atoms with van der Waals surface area (Å²) >= 11 is 12.2. The summed E-state index contributed by atoms with van der Waals surface area (Å²) in [5.74, 6) is 0.0262. The Kier molecular flexibility index (Phi) is 9.72. The van der Waals surface area contributed by atoms with Crippen molar-refractivity contribution >= 4 is 40.1 Å². The monoisotopic (exact) mass is 438 g/mol. The van der Waals surface area contributed by atoms with Crippen molar-refractivity contribution < 1.29 is 9.53 Å². The third kappa shape index (κ3) is 6.60. The topological polar surface area (TPSA) is 82.0 Å². The fourth-order valence-corrected chi connectivity index (χ4v) is 3.60. The number of rotatable bonds is 12. The average Bonchev–Trinajstić information content (AvgIpc) is 3.09. The molecule has 2 rings (SSSR count). The predicted molar refractivity (Wildman–Crippen MR) is 116 cm³/mol. The summed E-state index contributed by atoms with van der Waals surface area (Å²) in [4.78, 5) is 23.1. The zero-order valence-electron chi connectivity index (χ0n) is 17.0. The van der Waals surface area contributed by atoms with Crippen LogP contribution >= 0.6 is 23.2 Å². The molecule has 0 spiro atoms. The highest BCUT2D eigenvalue weighted by Gasteiger charge is 2.28. The second-order valence-electron chi connectivity index (χ2n) is 7.03. The molecule has 0 aliphatic carbocycles. The molecule has 158 valence electrons. The van der Waals surface area contributed by atoms with Gasteiger partial charge in [-0.1, -0.05) is 43.0 Å². The van der Waals surface area contributed by atoms with Crippen LogP contribution in [-0.2, 0) is 9.53 Å². The highest BCUT2D eigenvalue weighted by atomic mass is 35.5. The van der Waals surface area contributed by atoms with E-state index in [4.69, 9.17) is 33.2 Å². The summed E-state index contributed by atoms with van der Waals surface area (Å²) in [5, 5.41) is 9.93. The van der Waals surface area contributed by atoms with Crippen molar-refractivity contribution in [1.29, 1.82) is 5.26 Å². The lowest BCUT2D eigenvalue weighted by Crippen LogP contribution is -2.37. The summed E-state index contributed by atoms with van der Waals surface area (Å²) in [6.07, 6.45) is 4.55. The third-order valence-electron chi connectivity index (χ3n) is 4.83. The van der Waals surface area contributed by atoms with Crippen LogP contribution in [0, 0.1) is 11.3 Å². The molecular formula is C21H28Cl2N4O2. The number of H-pyrrole nitrogens is 1. The molecule has 0 aliphatic heterocycles. The number of carbonyl (C=O) groups is 1. The second-order valence-corrected chi connectivity index (χ2v) is 7.85. The van der Waals surface area contributed by atoms with Crippen molar-refractivity contribution in [2.45, 2.75) is 51.4 Å². The maximum Gasteiger partial charge on any atom is 0.233 e. The highest BCUT2D eigenvalue weighted by molar-refractivity contribution is 6.42. The fourth-order valence-electron chi connectivity index (χ4n) is 3.28. The zero-order chi connectivity index (χ0) is 21.2. The van der Waals surface area contributed by atoms with Crippen molar-refractivity contribution in [3.05, 3.63) is 28.0 Å². The minimum Gasteiger partial charge on any atom is -0.385 e. The number of aromatic amines is 1. The Bertz CT molecular complexity index is 798. The molecule has 0 saturated heterocycles. The van der Waals surface area contributed by atoms with Crippen LogP contribution in [0.2, 0.25) is 10.0 Å². The first-order valence-corrected chi connectivity index (χ1v) is 10.8. The van der Waals surface area contributed by atoms with E-state index >= 15 is 0 Å². The molecule has 1 aromatic carbocycles. The molecule has 1 amide bonds. The van der Waals surface area contributed by atoms with Gasteiger partial charge in [-0.05, 0) is 31.4 Å². The van der Waals surface area contributed by atoms with E-state index in [1.165, 1.54) is 0 Å². The van der Waals surface area contributed by atoms with Crippen LogP contribution in [0.4, 0.5) is 0 Å². The molecule has 8 heteroatoms. The predicted octanol–water partition coefficient (Wildman–Crippen LogP) is 5.31. The lowest BCUT2D eigenvalue weighted by molar-refractivity contribution is -0.133. The summed E-state index contributed by atoms with van der Waals surface area (Å²) in [5.41, 5.74) is 1.38. The smallest absolute Gasteiger partial charge is 0.233 e. The van der Waals surface area contributed by atoms with Crippen molar-refractivity contribution in [1.82, 2.24) is 14.9 Å². The van der Waals surface area contributed by atoms with Gasteiger partial charge in [0.15, 0.2) is 0 Å². The van der Waals surface area contributed by atoms with E-state index in [0.29, 0.717) is 47.5 Å². The number of imidazole rings is 1. The number of nitrogens with one attached hydrogen (secondary N) is 1. The molecular weight excluding hydrogens is 411 g/mol. The normalized spacial score (nSPS) is 12.1. The molecule has 1 heterocycles. The number of amides is 1. The summed E-state index contributed by atoms with van der Waals surface area (Å²) in [7, 11) is 1.66. The molecule has 1 atom stereocenters. The maximum absolute atomic E-state index is 13.4. The van der Waals surface area contributed by atoms with Gasteiger partial charge in [0.05, 0.1) is 33.1 Å². The largest absolute Gasteiger partial charge is 0.385 e. The van der Waals surface area contributed by atoms with E-state index in [2.05, 4.69) is 23.0 Å². The first kappa shape index (κ1) is 23.5. The number of ether oxygens (including phenoxy) is 1. The van der Waals surface area contributed by atoms with Gasteiger partial charge in [-0.25, -0.2) is 4.98 Å². The average molecular weight is 439 g/mol. The van der Waals surface area contributed by atoms with Crippen LogP contribution in [0.15, 0.2) is 12.1 Å². The highest BCUT2D eigenvalue weighted by Crippen LogP contribution is 2.30. The van der Waals surface area contributed by atoms with Crippen molar-refractivity contribution in [3.8, 4) is 6.07 Å². The molecule has 0 bridgehead atoms. The number of unbranched alkanes of at least 4 members (excludes halogenated alkanes) is 2. The van der Waals surface area contributed by atoms with Crippen LogP contribution in [-0.4, -0.2) is 47.6 Å². The van der Waals surface area contributed by atoms with E-state index in [9.17, 15) is 4.79 Å². The number of benzene rings is 1. The number of hydrogen-bond donors (Lipinski definition) is 1. The Hall–Kier alpha value is -1.81. The third-order valence-corrected chi connectivity index (χ3v) is 5.56. The lowest BCUT2D eigenvalue weighted by Gasteiger charge is -2.26. The molecule has 0 saturated carbocycles. The number of carbonyl (C=O) groups excluding carboxylic acids is 1. The van der Waals surface area contributed by atoms with Crippen molar-refractivity contribution in [3.63, 3.8) is 0 Å². The zero-order valence-corrected chi connectivity index (χ0v) is 18.5. The Balaban J connectivity index is 2.29.